The minimum atomic E-state index is -2.61. The minimum Gasteiger partial charge on any atom is -0.388 e. The van der Waals surface area contributed by atoms with Crippen LogP contribution in [0, 0.1) is 0 Å². The second-order valence-corrected chi connectivity index (χ2v) is 6.70. The van der Waals surface area contributed by atoms with Gasteiger partial charge in [0.15, 0.2) is 29.0 Å². The van der Waals surface area contributed by atoms with Crippen LogP contribution >= 0.6 is 0 Å². The number of carbonyl (C=O) groups excluding carboxylic acids is 1. The van der Waals surface area contributed by atoms with E-state index >= 15 is 0 Å². The van der Waals surface area contributed by atoms with Gasteiger partial charge in [-0.15, -0.1) is 5.10 Å². The number of halogens is 2. The van der Waals surface area contributed by atoms with Crippen molar-refractivity contribution in [1.29, 1.82) is 0 Å². The highest BCUT2D eigenvalue weighted by molar-refractivity contribution is 5.85. The zero-order chi connectivity index (χ0) is 21.4. The number of hydrogen-bond donors (Lipinski definition) is 3. The maximum absolute atomic E-state index is 12.8. The van der Waals surface area contributed by atoms with E-state index in [-0.39, 0.29) is 35.1 Å². The zero-order valence-corrected chi connectivity index (χ0v) is 16.0. The molecule has 1 amide bonds. The van der Waals surface area contributed by atoms with Crippen molar-refractivity contribution >= 4 is 22.9 Å². The molecule has 160 valence electrons. The van der Waals surface area contributed by atoms with Crippen LogP contribution in [0.25, 0.3) is 22.7 Å². The van der Waals surface area contributed by atoms with Crippen LogP contribution in [0.1, 0.15) is 12.6 Å². The van der Waals surface area contributed by atoms with Gasteiger partial charge in [0.25, 0.3) is 6.43 Å². The molecule has 0 saturated carbocycles. The summed E-state index contributed by atoms with van der Waals surface area (Å²) < 4.78 is 34.1. The summed E-state index contributed by atoms with van der Waals surface area (Å²) in [6.45, 7) is -0.639. The van der Waals surface area contributed by atoms with Crippen molar-refractivity contribution in [1.82, 2.24) is 39.8 Å². The number of fused-ring (bicyclic) bond motifs is 1. The van der Waals surface area contributed by atoms with Crippen LogP contribution in [0.2, 0.25) is 0 Å². The SMILES string of the molecule is CNC(=O)[C@@H]1C[C@@H](O)C(n2cnc3c(NCC(F)F)nc(-c4cn(C)nn4)nc32)O1. The Bertz CT molecular complexity index is 1070. The molecular formula is C16H19F2N9O3. The van der Waals surface area contributed by atoms with Gasteiger partial charge in [-0.1, -0.05) is 5.21 Å². The molecule has 3 atom stereocenters. The fraction of sp³-hybridized carbons (Fsp3) is 0.500. The molecule has 30 heavy (non-hydrogen) atoms. The minimum absolute atomic E-state index is 0.0787. The average molecular weight is 423 g/mol. The number of aromatic nitrogens is 7. The largest absolute Gasteiger partial charge is 0.388 e. The first-order valence-corrected chi connectivity index (χ1v) is 9.05. The average Bonchev–Trinajstić information content (AvgIpc) is 3.43. The van der Waals surface area contributed by atoms with E-state index in [4.69, 9.17) is 4.74 Å². The number of aliphatic hydroxyl groups excluding tert-OH is 1. The van der Waals surface area contributed by atoms with Gasteiger partial charge in [0.2, 0.25) is 5.91 Å². The number of imidazole rings is 1. The topological polar surface area (TPSA) is 145 Å². The number of carbonyl (C=O) groups is 1. The van der Waals surface area contributed by atoms with Gasteiger partial charge in [-0.25, -0.2) is 23.7 Å². The second kappa shape index (κ2) is 7.87. The number of rotatable bonds is 6. The number of nitrogens with zero attached hydrogens (tertiary/aromatic N) is 7. The fourth-order valence-corrected chi connectivity index (χ4v) is 3.20. The summed E-state index contributed by atoms with van der Waals surface area (Å²) in [6.07, 6.45) is -2.38. The molecule has 1 unspecified atom stereocenters. The quantitative estimate of drug-likeness (QED) is 0.486. The smallest absolute Gasteiger partial charge is 0.255 e. The molecule has 0 spiro atoms. The summed E-state index contributed by atoms with van der Waals surface area (Å²) in [6, 6.07) is 0. The summed E-state index contributed by atoms with van der Waals surface area (Å²) in [4.78, 5) is 24.8. The van der Waals surface area contributed by atoms with Gasteiger partial charge in [-0.05, 0) is 0 Å². The lowest BCUT2D eigenvalue weighted by atomic mass is 10.2. The lowest BCUT2D eigenvalue weighted by Crippen LogP contribution is -2.31. The maximum Gasteiger partial charge on any atom is 0.255 e. The number of likely N-dealkylation sites (N-methyl/N-ethyl adjacent to an activating group) is 1. The predicted octanol–water partition coefficient (Wildman–Crippen LogP) is -0.307. The van der Waals surface area contributed by atoms with Crippen LogP contribution in [-0.2, 0) is 16.6 Å². The Morgan fingerprint density at radius 3 is 2.90 bits per heavy atom. The van der Waals surface area contributed by atoms with Gasteiger partial charge in [0.05, 0.1) is 19.1 Å². The summed E-state index contributed by atoms with van der Waals surface area (Å²) in [7, 11) is 3.14. The molecule has 12 nitrogen and oxygen atoms in total. The molecule has 1 fully saturated rings. The Morgan fingerprint density at radius 2 is 2.23 bits per heavy atom. The molecule has 3 aromatic heterocycles. The molecule has 0 aromatic carbocycles. The van der Waals surface area contributed by atoms with Crippen LogP contribution in [0.4, 0.5) is 14.6 Å². The number of anilines is 1. The van der Waals surface area contributed by atoms with E-state index in [1.807, 2.05) is 0 Å². The number of aryl methyl sites for hydroxylation is 1. The highest BCUT2D eigenvalue weighted by atomic mass is 19.3. The number of amides is 1. The van der Waals surface area contributed by atoms with Crippen molar-refractivity contribution in [2.45, 2.75) is 31.3 Å². The molecule has 1 aliphatic rings. The molecule has 0 radical (unpaired) electrons. The predicted molar refractivity (Wildman–Crippen MR) is 98.4 cm³/mol. The van der Waals surface area contributed by atoms with Crippen molar-refractivity contribution in [3.05, 3.63) is 12.5 Å². The third-order valence-electron chi connectivity index (χ3n) is 4.58. The monoisotopic (exact) mass is 423 g/mol. The lowest BCUT2D eigenvalue weighted by molar-refractivity contribution is -0.134. The Hall–Kier alpha value is -3.26. The van der Waals surface area contributed by atoms with Crippen LogP contribution in [0.3, 0.4) is 0 Å². The molecule has 4 heterocycles. The molecule has 0 aliphatic carbocycles. The third-order valence-corrected chi connectivity index (χ3v) is 4.58. The van der Waals surface area contributed by atoms with E-state index in [1.54, 1.807) is 13.2 Å². The van der Waals surface area contributed by atoms with E-state index in [0.717, 1.165) is 0 Å². The van der Waals surface area contributed by atoms with Gasteiger partial charge in [0.1, 0.15) is 17.9 Å². The Morgan fingerprint density at radius 1 is 1.43 bits per heavy atom. The molecule has 3 aromatic rings. The van der Waals surface area contributed by atoms with Gasteiger partial charge in [0, 0.05) is 20.5 Å². The van der Waals surface area contributed by atoms with E-state index < -0.39 is 31.4 Å². The first kappa shape index (κ1) is 20.0. The first-order valence-electron chi connectivity index (χ1n) is 9.05. The summed E-state index contributed by atoms with van der Waals surface area (Å²) in [5.74, 6) is -0.158. The van der Waals surface area contributed by atoms with Crippen LogP contribution in [-0.4, -0.2) is 77.8 Å². The van der Waals surface area contributed by atoms with E-state index in [9.17, 15) is 18.7 Å². The van der Waals surface area contributed by atoms with Gasteiger partial charge >= 0.3 is 0 Å². The summed E-state index contributed by atoms with van der Waals surface area (Å²) >= 11 is 0. The van der Waals surface area contributed by atoms with E-state index in [2.05, 4.69) is 35.9 Å². The van der Waals surface area contributed by atoms with Crippen LogP contribution in [0.15, 0.2) is 12.5 Å². The molecular weight excluding hydrogens is 404 g/mol. The van der Waals surface area contributed by atoms with Crippen molar-refractivity contribution in [3.8, 4) is 11.5 Å². The van der Waals surface area contributed by atoms with Crippen LogP contribution < -0.4 is 10.6 Å². The molecule has 1 aliphatic heterocycles. The molecule has 0 bridgehead atoms. The standard InChI is InChI=1S/C16H19F2N9O3/c1-19-15(29)9-3-8(28)16(30-9)27-6-21-11-13(20-4-10(17)18)22-12(23-14(11)27)7-5-26(2)25-24-7/h5-6,8-10,16,28H,3-4H2,1-2H3,(H,19,29)(H,20,22,23)/t8-,9+,16?/m1/s1. The Labute approximate surface area is 168 Å². The molecule has 14 heteroatoms. The maximum atomic E-state index is 12.8. The van der Waals surface area contributed by atoms with Crippen molar-refractivity contribution < 1.29 is 23.4 Å². The number of nitrogens with one attached hydrogen (secondary N) is 2. The number of ether oxygens (including phenoxy) is 1. The third kappa shape index (κ3) is 3.66. The number of hydrogen-bond acceptors (Lipinski definition) is 9. The fourth-order valence-electron chi connectivity index (χ4n) is 3.20. The highest BCUT2D eigenvalue weighted by Crippen LogP contribution is 2.33. The zero-order valence-electron chi connectivity index (χ0n) is 16.0. The van der Waals surface area contributed by atoms with Crippen molar-refractivity contribution in [2.75, 3.05) is 18.9 Å². The summed E-state index contributed by atoms with van der Waals surface area (Å²) in [5, 5.41) is 23.2. The molecule has 1 saturated heterocycles. The highest BCUT2D eigenvalue weighted by Gasteiger charge is 2.39. The van der Waals surface area contributed by atoms with Gasteiger partial charge < -0.3 is 20.5 Å². The lowest BCUT2D eigenvalue weighted by Gasteiger charge is -2.17. The number of aliphatic hydroxyl groups is 1. The Balaban J connectivity index is 1.78. The van der Waals surface area contributed by atoms with Crippen LogP contribution in [0.5, 0.6) is 0 Å². The molecule has 4 rings (SSSR count). The van der Waals surface area contributed by atoms with Crippen molar-refractivity contribution in [3.63, 3.8) is 0 Å². The first-order chi connectivity index (χ1) is 14.4. The molecule has 3 N–H and O–H groups in total. The Kier molecular flexibility index (Phi) is 5.26. The van der Waals surface area contributed by atoms with Gasteiger partial charge in [-0.3, -0.25) is 14.0 Å². The van der Waals surface area contributed by atoms with E-state index in [1.165, 1.54) is 22.6 Å². The summed E-state index contributed by atoms with van der Waals surface area (Å²) in [5.41, 5.74) is 0.759. The number of alkyl halides is 2. The van der Waals surface area contributed by atoms with Crippen molar-refractivity contribution in [2.24, 2.45) is 7.05 Å². The normalized spacial score (nSPS) is 21.5. The van der Waals surface area contributed by atoms with Gasteiger partial charge in [-0.2, -0.15) is 0 Å². The van der Waals surface area contributed by atoms with E-state index in [0.29, 0.717) is 5.69 Å². The second-order valence-electron chi connectivity index (χ2n) is 6.70.